The molecule has 1 aliphatic rings. The second kappa shape index (κ2) is 10.7. The Morgan fingerprint density at radius 3 is 2.31 bits per heavy atom. The lowest BCUT2D eigenvalue weighted by atomic mass is 10.1. The molecular weight excluding hydrogens is 448 g/mol. The maximum atomic E-state index is 12.8. The van der Waals surface area contributed by atoms with E-state index in [-0.39, 0.29) is 12.1 Å². The molecule has 0 saturated carbocycles. The van der Waals surface area contributed by atoms with E-state index < -0.39 is 17.8 Å². The SMILES string of the molecule is Cc1ccc(OCCCOc2ccc(C=C3C(=O)NC(=O)N(Cc4ccco4)C3=O)cc2)cc1C. The summed E-state index contributed by atoms with van der Waals surface area (Å²) < 4.78 is 16.7. The van der Waals surface area contributed by atoms with Crippen molar-refractivity contribution in [2.75, 3.05) is 13.2 Å². The van der Waals surface area contributed by atoms with Crippen molar-refractivity contribution in [3.8, 4) is 11.5 Å². The summed E-state index contributed by atoms with van der Waals surface area (Å²) in [4.78, 5) is 38.1. The molecule has 180 valence electrons. The summed E-state index contributed by atoms with van der Waals surface area (Å²) in [7, 11) is 0. The molecular formula is C27H26N2O6. The van der Waals surface area contributed by atoms with E-state index in [1.165, 1.54) is 23.5 Å². The number of hydrogen-bond acceptors (Lipinski definition) is 6. The van der Waals surface area contributed by atoms with Gasteiger partial charge in [0, 0.05) is 6.42 Å². The first-order valence-corrected chi connectivity index (χ1v) is 11.2. The number of rotatable bonds is 9. The highest BCUT2D eigenvalue weighted by molar-refractivity contribution is 6.30. The summed E-state index contributed by atoms with van der Waals surface area (Å²) in [5.74, 6) is 0.519. The van der Waals surface area contributed by atoms with Crippen LogP contribution in [0.4, 0.5) is 4.79 Å². The first kappa shape index (κ1) is 23.8. The normalized spacial score (nSPS) is 14.9. The van der Waals surface area contributed by atoms with E-state index in [9.17, 15) is 14.4 Å². The molecule has 1 saturated heterocycles. The topological polar surface area (TPSA) is 98.1 Å². The molecule has 0 spiro atoms. The third-order valence-electron chi connectivity index (χ3n) is 5.58. The van der Waals surface area contributed by atoms with Gasteiger partial charge in [0.1, 0.15) is 22.8 Å². The molecule has 0 bridgehead atoms. The van der Waals surface area contributed by atoms with Crippen molar-refractivity contribution in [2.24, 2.45) is 0 Å². The van der Waals surface area contributed by atoms with Gasteiger partial charge in [-0.3, -0.25) is 19.8 Å². The third-order valence-corrected chi connectivity index (χ3v) is 5.58. The zero-order chi connectivity index (χ0) is 24.8. The summed E-state index contributed by atoms with van der Waals surface area (Å²) in [5, 5.41) is 2.19. The molecule has 8 heteroatoms. The van der Waals surface area contributed by atoms with Gasteiger partial charge in [0.05, 0.1) is 26.0 Å². The number of furan rings is 1. The molecule has 4 rings (SSSR count). The van der Waals surface area contributed by atoms with Crippen LogP contribution in [0, 0.1) is 13.8 Å². The van der Waals surface area contributed by atoms with Gasteiger partial charge < -0.3 is 13.9 Å². The lowest BCUT2D eigenvalue weighted by molar-refractivity contribution is -0.130. The number of nitrogens with zero attached hydrogens (tertiary/aromatic N) is 1. The minimum absolute atomic E-state index is 0.0672. The molecule has 8 nitrogen and oxygen atoms in total. The predicted molar refractivity (Wildman–Crippen MR) is 129 cm³/mol. The van der Waals surface area contributed by atoms with Gasteiger partial charge in [-0.15, -0.1) is 0 Å². The fourth-order valence-electron chi connectivity index (χ4n) is 3.47. The number of urea groups is 1. The zero-order valence-corrected chi connectivity index (χ0v) is 19.6. The minimum Gasteiger partial charge on any atom is -0.493 e. The van der Waals surface area contributed by atoms with E-state index in [0.717, 1.165) is 10.6 Å². The third kappa shape index (κ3) is 5.97. The molecule has 0 aliphatic carbocycles. The second-order valence-electron chi connectivity index (χ2n) is 8.15. The van der Waals surface area contributed by atoms with Crippen LogP contribution in [0.5, 0.6) is 11.5 Å². The molecule has 0 unspecified atom stereocenters. The Labute approximate surface area is 203 Å². The average molecular weight is 475 g/mol. The Bertz CT molecular complexity index is 1250. The summed E-state index contributed by atoms with van der Waals surface area (Å²) >= 11 is 0. The van der Waals surface area contributed by atoms with Crippen molar-refractivity contribution >= 4 is 23.9 Å². The standard InChI is InChI=1S/C27H26N2O6/c1-18-6-9-22(15-19(18)2)34-14-4-13-33-21-10-7-20(8-11-21)16-24-25(30)28-27(32)29(26(24)31)17-23-5-3-12-35-23/h3,5-12,15-16H,4,13-14,17H2,1-2H3,(H,28,30,32). The molecule has 1 fully saturated rings. The number of nitrogens with one attached hydrogen (secondary N) is 1. The number of hydrogen-bond donors (Lipinski definition) is 1. The van der Waals surface area contributed by atoms with Crippen LogP contribution in [0.1, 0.15) is 28.9 Å². The molecule has 2 heterocycles. The van der Waals surface area contributed by atoms with E-state index in [4.69, 9.17) is 13.9 Å². The Morgan fingerprint density at radius 2 is 1.63 bits per heavy atom. The number of imide groups is 2. The minimum atomic E-state index is -0.779. The van der Waals surface area contributed by atoms with Gasteiger partial charge in [-0.1, -0.05) is 18.2 Å². The molecule has 1 aromatic heterocycles. The number of amides is 4. The zero-order valence-electron chi connectivity index (χ0n) is 19.6. The van der Waals surface area contributed by atoms with Crippen LogP contribution in [0.25, 0.3) is 6.08 Å². The number of aryl methyl sites for hydroxylation is 2. The number of ether oxygens (including phenoxy) is 2. The fourth-order valence-corrected chi connectivity index (χ4v) is 3.47. The molecule has 35 heavy (non-hydrogen) atoms. The number of carbonyl (C=O) groups is 3. The highest BCUT2D eigenvalue weighted by Gasteiger charge is 2.36. The molecule has 1 aliphatic heterocycles. The van der Waals surface area contributed by atoms with Crippen molar-refractivity contribution in [1.29, 1.82) is 0 Å². The van der Waals surface area contributed by atoms with Crippen LogP contribution in [0.2, 0.25) is 0 Å². The number of benzene rings is 2. The maximum absolute atomic E-state index is 12.8. The highest BCUT2D eigenvalue weighted by atomic mass is 16.5. The van der Waals surface area contributed by atoms with E-state index in [2.05, 4.69) is 19.2 Å². The Morgan fingerprint density at radius 1 is 0.914 bits per heavy atom. The van der Waals surface area contributed by atoms with Crippen LogP contribution in [0.15, 0.2) is 70.9 Å². The van der Waals surface area contributed by atoms with E-state index in [1.54, 1.807) is 36.4 Å². The summed E-state index contributed by atoms with van der Waals surface area (Å²) in [6.07, 6.45) is 3.61. The first-order valence-electron chi connectivity index (χ1n) is 11.2. The van der Waals surface area contributed by atoms with Gasteiger partial charge in [0.15, 0.2) is 0 Å². The van der Waals surface area contributed by atoms with Crippen LogP contribution >= 0.6 is 0 Å². The highest BCUT2D eigenvalue weighted by Crippen LogP contribution is 2.20. The van der Waals surface area contributed by atoms with Gasteiger partial charge in [-0.25, -0.2) is 4.79 Å². The quantitative estimate of drug-likeness (QED) is 0.280. The monoisotopic (exact) mass is 474 g/mol. The van der Waals surface area contributed by atoms with E-state index in [0.29, 0.717) is 36.7 Å². The van der Waals surface area contributed by atoms with Crippen molar-refractivity contribution < 1.29 is 28.3 Å². The molecule has 0 radical (unpaired) electrons. The summed E-state index contributed by atoms with van der Waals surface area (Å²) in [5.41, 5.74) is 2.92. The molecule has 2 aromatic carbocycles. The molecule has 0 atom stereocenters. The number of barbiturate groups is 1. The van der Waals surface area contributed by atoms with Crippen molar-refractivity contribution in [2.45, 2.75) is 26.8 Å². The average Bonchev–Trinajstić information content (AvgIpc) is 3.36. The van der Waals surface area contributed by atoms with Crippen LogP contribution in [-0.2, 0) is 16.1 Å². The lowest BCUT2D eigenvalue weighted by Gasteiger charge is -2.25. The first-order chi connectivity index (χ1) is 16.9. The van der Waals surface area contributed by atoms with E-state index in [1.807, 2.05) is 18.2 Å². The van der Waals surface area contributed by atoms with Crippen molar-refractivity contribution in [3.05, 3.63) is 88.9 Å². The number of carbonyl (C=O) groups excluding carboxylic acids is 3. The lowest BCUT2D eigenvalue weighted by Crippen LogP contribution is -2.53. The van der Waals surface area contributed by atoms with Gasteiger partial charge in [-0.2, -0.15) is 0 Å². The van der Waals surface area contributed by atoms with E-state index >= 15 is 0 Å². The van der Waals surface area contributed by atoms with Crippen LogP contribution in [0.3, 0.4) is 0 Å². The van der Waals surface area contributed by atoms with Gasteiger partial charge >= 0.3 is 6.03 Å². The summed E-state index contributed by atoms with van der Waals surface area (Å²) in [6, 6.07) is 15.5. The Hall–Kier alpha value is -4.33. The van der Waals surface area contributed by atoms with Gasteiger partial charge in [-0.05, 0) is 73.0 Å². The Kier molecular flexibility index (Phi) is 7.30. The smallest absolute Gasteiger partial charge is 0.331 e. The molecule has 3 aromatic rings. The van der Waals surface area contributed by atoms with Crippen molar-refractivity contribution in [3.63, 3.8) is 0 Å². The second-order valence-corrected chi connectivity index (χ2v) is 8.15. The summed E-state index contributed by atoms with van der Waals surface area (Å²) in [6.45, 7) is 5.07. The molecule has 4 amide bonds. The largest absolute Gasteiger partial charge is 0.493 e. The fraction of sp³-hybridized carbons (Fsp3) is 0.222. The predicted octanol–water partition coefficient (Wildman–Crippen LogP) is 4.41. The van der Waals surface area contributed by atoms with Crippen molar-refractivity contribution in [1.82, 2.24) is 10.2 Å². The van der Waals surface area contributed by atoms with Crippen LogP contribution in [-0.4, -0.2) is 36.0 Å². The van der Waals surface area contributed by atoms with Crippen LogP contribution < -0.4 is 14.8 Å². The molecule has 1 N–H and O–H groups in total. The van der Waals surface area contributed by atoms with Gasteiger partial charge in [0.2, 0.25) is 0 Å². The maximum Gasteiger partial charge on any atom is 0.331 e. The Balaban J connectivity index is 1.30. The van der Waals surface area contributed by atoms with Gasteiger partial charge in [0.25, 0.3) is 11.8 Å².